The Hall–Kier alpha value is -0.590. The largest absolute Gasteiger partial charge is 0.302 e. The second-order valence-electron chi connectivity index (χ2n) is 4.04. The molecule has 0 bridgehead atoms. The molecule has 2 nitrogen and oxygen atoms in total. The minimum absolute atomic E-state index is 0.243. The SMILES string of the molecule is Cc1ccc(P(C)(=O)NC(C)C)cc1. The van der Waals surface area contributed by atoms with Crippen molar-refractivity contribution in [2.45, 2.75) is 26.8 Å². The van der Waals surface area contributed by atoms with E-state index in [4.69, 9.17) is 0 Å². The molecule has 0 aromatic heterocycles. The van der Waals surface area contributed by atoms with Gasteiger partial charge in [-0.3, -0.25) is 5.09 Å². The van der Waals surface area contributed by atoms with E-state index in [-0.39, 0.29) is 6.04 Å². The maximum Gasteiger partial charge on any atom is 0.173 e. The van der Waals surface area contributed by atoms with Gasteiger partial charge in [-0.05, 0) is 32.9 Å². The number of nitrogens with one attached hydrogen (secondary N) is 1. The Balaban J connectivity index is 2.92. The molecule has 78 valence electrons. The Morgan fingerprint density at radius 2 is 1.71 bits per heavy atom. The third-order valence-electron chi connectivity index (χ3n) is 2.03. The normalized spacial score (nSPS) is 15.5. The van der Waals surface area contributed by atoms with E-state index in [0.717, 1.165) is 5.30 Å². The number of benzene rings is 1. The van der Waals surface area contributed by atoms with Crippen molar-refractivity contribution in [3.63, 3.8) is 0 Å². The molecule has 0 saturated carbocycles. The Morgan fingerprint density at radius 3 is 2.14 bits per heavy atom. The van der Waals surface area contributed by atoms with E-state index in [0.29, 0.717) is 0 Å². The van der Waals surface area contributed by atoms with E-state index in [2.05, 4.69) is 5.09 Å². The van der Waals surface area contributed by atoms with Gasteiger partial charge >= 0.3 is 0 Å². The summed E-state index contributed by atoms with van der Waals surface area (Å²) in [5.41, 5.74) is 1.19. The number of aryl methyl sites for hydroxylation is 1. The fraction of sp³-hybridized carbons (Fsp3) is 0.455. The first-order valence-electron chi connectivity index (χ1n) is 4.84. The first kappa shape index (κ1) is 11.5. The minimum atomic E-state index is -2.37. The van der Waals surface area contributed by atoms with Gasteiger partial charge in [0, 0.05) is 18.0 Å². The summed E-state index contributed by atoms with van der Waals surface area (Å²) in [6, 6.07) is 8.10. The van der Waals surface area contributed by atoms with Crippen molar-refractivity contribution in [1.29, 1.82) is 0 Å². The van der Waals surface area contributed by atoms with E-state index in [1.165, 1.54) is 5.56 Å². The molecule has 1 aromatic rings. The second-order valence-corrected chi connectivity index (χ2v) is 6.67. The van der Waals surface area contributed by atoms with Gasteiger partial charge in [0.05, 0.1) is 0 Å². The Labute approximate surface area is 86.2 Å². The molecule has 0 aliphatic carbocycles. The Kier molecular flexibility index (Phi) is 3.52. The monoisotopic (exact) mass is 211 g/mol. The van der Waals surface area contributed by atoms with Gasteiger partial charge in [0.15, 0.2) is 7.29 Å². The summed E-state index contributed by atoms with van der Waals surface area (Å²) in [6.45, 7) is 7.81. The van der Waals surface area contributed by atoms with Crippen LogP contribution in [0.1, 0.15) is 19.4 Å². The first-order valence-corrected chi connectivity index (χ1v) is 7.00. The van der Waals surface area contributed by atoms with Crippen LogP contribution in [0.5, 0.6) is 0 Å². The lowest BCUT2D eigenvalue weighted by Crippen LogP contribution is -2.24. The van der Waals surface area contributed by atoms with Crippen LogP contribution in [0.3, 0.4) is 0 Å². The van der Waals surface area contributed by atoms with Crippen LogP contribution in [0, 0.1) is 6.92 Å². The molecular formula is C11H18NOP. The van der Waals surface area contributed by atoms with Crippen molar-refractivity contribution < 1.29 is 4.57 Å². The highest BCUT2D eigenvalue weighted by Gasteiger charge is 2.18. The lowest BCUT2D eigenvalue weighted by Gasteiger charge is -2.18. The lowest BCUT2D eigenvalue weighted by atomic mass is 10.2. The topological polar surface area (TPSA) is 29.1 Å². The molecule has 1 rings (SSSR count). The maximum atomic E-state index is 12.2. The van der Waals surface area contributed by atoms with Crippen LogP contribution in [0.4, 0.5) is 0 Å². The van der Waals surface area contributed by atoms with Gasteiger partial charge in [0.1, 0.15) is 0 Å². The molecule has 0 heterocycles. The molecule has 0 saturated heterocycles. The molecule has 0 fully saturated rings. The molecule has 1 unspecified atom stereocenters. The molecule has 14 heavy (non-hydrogen) atoms. The van der Waals surface area contributed by atoms with Gasteiger partial charge in [-0.25, -0.2) is 0 Å². The second kappa shape index (κ2) is 4.29. The van der Waals surface area contributed by atoms with Crippen LogP contribution in [-0.4, -0.2) is 12.7 Å². The van der Waals surface area contributed by atoms with Crippen molar-refractivity contribution in [3.05, 3.63) is 29.8 Å². The zero-order valence-corrected chi connectivity index (χ0v) is 10.1. The summed E-state index contributed by atoms with van der Waals surface area (Å²) in [7, 11) is -2.37. The van der Waals surface area contributed by atoms with E-state index in [1.807, 2.05) is 45.0 Å². The van der Waals surface area contributed by atoms with Gasteiger partial charge in [0.2, 0.25) is 0 Å². The van der Waals surface area contributed by atoms with Gasteiger partial charge < -0.3 is 4.57 Å². The van der Waals surface area contributed by atoms with Crippen molar-refractivity contribution in [2.75, 3.05) is 6.66 Å². The van der Waals surface area contributed by atoms with E-state index >= 15 is 0 Å². The molecule has 0 aliphatic rings. The lowest BCUT2D eigenvalue weighted by molar-refractivity contribution is 0.567. The summed E-state index contributed by atoms with van der Waals surface area (Å²) < 4.78 is 12.2. The van der Waals surface area contributed by atoms with Crippen LogP contribution in [0.15, 0.2) is 24.3 Å². The smallest absolute Gasteiger partial charge is 0.173 e. The zero-order chi connectivity index (χ0) is 10.8. The summed E-state index contributed by atoms with van der Waals surface area (Å²) >= 11 is 0. The fourth-order valence-corrected chi connectivity index (χ4v) is 3.25. The molecule has 1 aromatic carbocycles. The predicted molar refractivity (Wildman–Crippen MR) is 62.6 cm³/mol. The molecule has 3 heteroatoms. The van der Waals surface area contributed by atoms with Gasteiger partial charge in [0.25, 0.3) is 0 Å². The van der Waals surface area contributed by atoms with Crippen LogP contribution >= 0.6 is 7.29 Å². The number of rotatable bonds is 3. The zero-order valence-electron chi connectivity index (χ0n) is 9.24. The molecule has 1 atom stereocenters. The van der Waals surface area contributed by atoms with Crippen LogP contribution in [0.2, 0.25) is 0 Å². The highest BCUT2D eigenvalue weighted by Crippen LogP contribution is 2.35. The third kappa shape index (κ3) is 2.97. The molecule has 0 amide bonds. The quantitative estimate of drug-likeness (QED) is 0.778. The van der Waals surface area contributed by atoms with Crippen LogP contribution in [0.25, 0.3) is 0 Å². The standard InChI is InChI=1S/C11H18NOP/c1-9(2)12-14(4,13)11-7-5-10(3)6-8-11/h5-9H,1-4H3,(H,12,13). The van der Waals surface area contributed by atoms with E-state index in [1.54, 1.807) is 6.66 Å². The molecule has 0 radical (unpaired) electrons. The summed E-state index contributed by atoms with van der Waals surface area (Å²) in [5.74, 6) is 0. The van der Waals surface area contributed by atoms with Gasteiger partial charge in [-0.15, -0.1) is 0 Å². The van der Waals surface area contributed by atoms with Crippen molar-refractivity contribution in [1.82, 2.24) is 5.09 Å². The van der Waals surface area contributed by atoms with Crippen LogP contribution < -0.4 is 10.4 Å². The third-order valence-corrected chi connectivity index (χ3v) is 4.32. The average molecular weight is 211 g/mol. The highest BCUT2D eigenvalue weighted by molar-refractivity contribution is 7.69. The molecule has 1 N–H and O–H groups in total. The Bertz CT molecular complexity index is 343. The Morgan fingerprint density at radius 1 is 1.21 bits per heavy atom. The summed E-state index contributed by atoms with van der Waals surface area (Å²) in [4.78, 5) is 0. The van der Waals surface area contributed by atoms with Crippen LogP contribution in [-0.2, 0) is 4.57 Å². The molecular weight excluding hydrogens is 193 g/mol. The van der Waals surface area contributed by atoms with Crippen molar-refractivity contribution in [3.8, 4) is 0 Å². The maximum absolute atomic E-state index is 12.2. The van der Waals surface area contributed by atoms with Gasteiger partial charge in [-0.2, -0.15) is 0 Å². The van der Waals surface area contributed by atoms with E-state index in [9.17, 15) is 4.57 Å². The number of hydrogen-bond donors (Lipinski definition) is 1. The summed E-state index contributed by atoms with van der Waals surface area (Å²) in [6.07, 6.45) is 0. The highest BCUT2D eigenvalue weighted by atomic mass is 31.2. The van der Waals surface area contributed by atoms with Gasteiger partial charge in [-0.1, -0.05) is 17.7 Å². The first-order chi connectivity index (χ1) is 6.42. The molecule has 0 aliphatic heterocycles. The fourth-order valence-electron chi connectivity index (χ4n) is 1.40. The van der Waals surface area contributed by atoms with Crippen molar-refractivity contribution >= 4 is 12.6 Å². The molecule has 0 spiro atoms. The summed E-state index contributed by atoms with van der Waals surface area (Å²) in [5, 5.41) is 4.01. The van der Waals surface area contributed by atoms with Crippen molar-refractivity contribution in [2.24, 2.45) is 0 Å². The average Bonchev–Trinajstić information content (AvgIpc) is 2.02. The number of hydrogen-bond acceptors (Lipinski definition) is 1. The van der Waals surface area contributed by atoms with E-state index < -0.39 is 7.29 Å². The minimum Gasteiger partial charge on any atom is -0.302 e. The predicted octanol–water partition coefficient (Wildman–Crippen LogP) is 2.53.